The van der Waals surface area contributed by atoms with Crippen molar-refractivity contribution >= 4 is 34.0 Å². The molecule has 168 valence electrons. The summed E-state index contributed by atoms with van der Waals surface area (Å²) in [4.78, 5) is 21.2. The summed E-state index contributed by atoms with van der Waals surface area (Å²) < 4.78 is 42.6. The molecule has 0 unspecified atom stereocenters. The number of aromatic nitrogens is 4. The molecule has 4 rings (SSSR count). The molecule has 3 aromatic heterocycles. The van der Waals surface area contributed by atoms with Crippen LogP contribution in [0.4, 0.5) is 13.9 Å². The van der Waals surface area contributed by atoms with Gasteiger partial charge in [0.05, 0.1) is 25.5 Å². The third kappa shape index (κ3) is 4.61. The van der Waals surface area contributed by atoms with Crippen LogP contribution < -0.4 is 14.8 Å². The summed E-state index contributed by atoms with van der Waals surface area (Å²) >= 11 is 6.86. The quantitative estimate of drug-likeness (QED) is 0.529. The molecule has 1 saturated heterocycles. The van der Waals surface area contributed by atoms with Gasteiger partial charge in [-0.2, -0.15) is 8.78 Å². The van der Waals surface area contributed by atoms with Crippen LogP contribution in [-0.4, -0.2) is 58.4 Å². The zero-order valence-electron chi connectivity index (χ0n) is 16.8. The predicted molar refractivity (Wildman–Crippen MR) is 112 cm³/mol. The lowest BCUT2D eigenvalue weighted by Gasteiger charge is -2.15. The molecule has 0 bridgehead atoms. The molecule has 4 heterocycles. The van der Waals surface area contributed by atoms with Crippen molar-refractivity contribution in [2.75, 3.05) is 25.6 Å². The fourth-order valence-electron chi connectivity index (χ4n) is 2.99. The molecule has 1 fully saturated rings. The van der Waals surface area contributed by atoms with Crippen LogP contribution >= 0.6 is 22.9 Å². The summed E-state index contributed by atoms with van der Waals surface area (Å²) in [6.07, 6.45) is 1.39. The SMILES string of the molecule is COc1cnc(Cl)cc1-c1cc(C)ncc1C(=O)Nc1nnc(O[C@@H]2COCC2(F)F)s1. The predicted octanol–water partition coefficient (Wildman–Crippen LogP) is 3.63. The topological polar surface area (TPSA) is 108 Å². The van der Waals surface area contributed by atoms with E-state index in [1.807, 2.05) is 0 Å². The highest BCUT2D eigenvalue weighted by molar-refractivity contribution is 7.17. The van der Waals surface area contributed by atoms with Crippen molar-refractivity contribution in [3.05, 3.63) is 40.9 Å². The molecule has 1 N–H and O–H groups in total. The van der Waals surface area contributed by atoms with Crippen molar-refractivity contribution in [1.82, 2.24) is 20.2 Å². The molecular weight excluding hydrogens is 468 g/mol. The van der Waals surface area contributed by atoms with Crippen LogP contribution in [0.15, 0.2) is 24.5 Å². The molecule has 1 amide bonds. The number of alkyl halides is 2. The van der Waals surface area contributed by atoms with Crippen LogP contribution in [0.2, 0.25) is 5.15 Å². The minimum atomic E-state index is -3.12. The zero-order chi connectivity index (χ0) is 22.9. The van der Waals surface area contributed by atoms with E-state index >= 15 is 0 Å². The van der Waals surface area contributed by atoms with Crippen LogP contribution in [0.3, 0.4) is 0 Å². The Balaban J connectivity index is 1.58. The van der Waals surface area contributed by atoms with Crippen molar-refractivity contribution in [2.45, 2.75) is 19.0 Å². The maximum absolute atomic E-state index is 13.7. The second kappa shape index (κ2) is 8.88. The van der Waals surface area contributed by atoms with E-state index in [1.54, 1.807) is 19.1 Å². The fraction of sp³-hybridized carbons (Fsp3) is 0.316. The minimum Gasteiger partial charge on any atom is -0.494 e. The van der Waals surface area contributed by atoms with Gasteiger partial charge in [0.2, 0.25) is 5.13 Å². The molecule has 0 spiro atoms. The Morgan fingerprint density at radius 3 is 2.81 bits per heavy atom. The number of nitrogens with zero attached hydrogens (tertiary/aromatic N) is 4. The van der Waals surface area contributed by atoms with Gasteiger partial charge >= 0.3 is 5.92 Å². The lowest BCUT2D eigenvalue weighted by molar-refractivity contribution is -0.0660. The van der Waals surface area contributed by atoms with Crippen molar-refractivity contribution in [3.63, 3.8) is 0 Å². The van der Waals surface area contributed by atoms with E-state index in [0.29, 0.717) is 22.6 Å². The van der Waals surface area contributed by atoms with Gasteiger partial charge in [0.25, 0.3) is 11.1 Å². The van der Waals surface area contributed by atoms with E-state index in [9.17, 15) is 13.6 Å². The lowest BCUT2D eigenvalue weighted by Crippen LogP contribution is -2.36. The standard InChI is InChI=1S/C19H16ClF2N5O4S/c1-9-3-10(11-4-15(20)24-6-13(11)29-2)12(5-23-9)16(28)25-17-26-27-18(32-17)31-14-7-30-8-19(14,21)22/h3-6,14H,7-8H2,1-2H3,(H,25,26,28)/t14-/m1/s1. The highest BCUT2D eigenvalue weighted by Crippen LogP contribution is 2.35. The van der Waals surface area contributed by atoms with Crippen molar-refractivity contribution in [1.29, 1.82) is 0 Å². The van der Waals surface area contributed by atoms with E-state index < -0.39 is 24.5 Å². The number of amides is 1. The Bertz CT molecular complexity index is 1160. The van der Waals surface area contributed by atoms with E-state index in [4.69, 9.17) is 25.8 Å². The Hall–Kier alpha value is -2.96. The van der Waals surface area contributed by atoms with Gasteiger partial charge in [-0.15, -0.1) is 5.10 Å². The summed E-state index contributed by atoms with van der Waals surface area (Å²) in [7, 11) is 1.48. The Morgan fingerprint density at radius 1 is 1.28 bits per heavy atom. The molecule has 0 aromatic carbocycles. The summed E-state index contributed by atoms with van der Waals surface area (Å²) in [5.74, 6) is -3.25. The molecule has 32 heavy (non-hydrogen) atoms. The van der Waals surface area contributed by atoms with Gasteiger partial charge in [-0.1, -0.05) is 16.7 Å². The number of carbonyl (C=O) groups is 1. The Morgan fingerprint density at radius 2 is 2.09 bits per heavy atom. The molecule has 1 aliphatic heterocycles. The second-order valence-corrected chi connectivity index (χ2v) is 8.12. The average molecular weight is 484 g/mol. The van der Waals surface area contributed by atoms with Gasteiger partial charge in [0.1, 0.15) is 17.5 Å². The second-order valence-electron chi connectivity index (χ2n) is 6.79. The number of methoxy groups -OCH3 is 1. The first kappa shape index (κ1) is 22.2. The van der Waals surface area contributed by atoms with E-state index in [1.165, 1.54) is 19.5 Å². The van der Waals surface area contributed by atoms with E-state index in [0.717, 1.165) is 11.3 Å². The fourth-order valence-corrected chi connectivity index (χ4v) is 3.78. The van der Waals surface area contributed by atoms with Crippen LogP contribution in [0.25, 0.3) is 11.1 Å². The molecule has 1 aliphatic rings. The third-order valence-electron chi connectivity index (χ3n) is 4.53. The molecular formula is C19H16ClF2N5O4S. The number of pyridine rings is 2. The largest absolute Gasteiger partial charge is 0.494 e. The first-order chi connectivity index (χ1) is 15.3. The molecule has 0 radical (unpaired) electrons. The normalized spacial score (nSPS) is 17.2. The number of ether oxygens (including phenoxy) is 3. The van der Waals surface area contributed by atoms with E-state index in [2.05, 4.69) is 25.5 Å². The maximum Gasteiger partial charge on any atom is 0.309 e. The molecule has 13 heteroatoms. The average Bonchev–Trinajstić information content (AvgIpc) is 3.33. The molecule has 3 aromatic rings. The van der Waals surface area contributed by atoms with Gasteiger partial charge in [0.15, 0.2) is 6.10 Å². The summed E-state index contributed by atoms with van der Waals surface area (Å²) in [5, 5.41) is 10.3. The number of halogens is 3. The number of rotatable bonds is 6. The summed E-state index contributed by atoms with van der Waals surface area (Å²) in [5.41, 5.74) is 1.94. The highest BCUT2D eigenvalue weighted by Gasteiger charge is 2.47. The van der Waals surface area contributed by atoms with Crippen molar-refractivity contribution in [2.24, 2.45) is 0 Å². The van der Waals surface area contributed by atoms with Crippen LogP contribution in [0.1, 0.15) is 16.1 Å². The van der Waals surface area contributed by atoms with Crippen molar-refractivity contribution in [3.8, 4) is 22.1 Å². The monoisotopic (exact) mass is 483 g/mol. The molecule has 0 saturated carbocycles. The number of anilines is 1. The molecule has 9 nitrogen and oxygen atoms in total. The number of aryl methyl sites for hydroxylation is 1. The molecule has 1 atom stereocenters. The van der Waals surface area contributed by atoms with Crippen LogP contribution in [-0.2, 0) is 4.74 Å². The lowest BCUT2D eigenvalue weighted by atomic mass is 10.0. The third-order valence-corrected chi connectivity index (χ3v) is 5.47. The minimum absolute atomic E-state index is 0.0680. The van der Waals surface area contributed by atoms with Gasteiger partial charge in [-0.05, 0) is 30.4 Å². The molecule has 0 aliphatic carbocycles. The number of hydrogen-bond acceptors (Lipinski definition) is 9. The van der Waals surface area contributed by atoms with Crippen molar-refractivity contribution < 1.29 is 27.8 Å². The van der Waals surface area contributed by atoms with Gasteiger partial charge in [-0.3, -0.25) is 15.1 Å². The van der Waals surface area contributed by atoms with Gasteiger partial charge in [-0.25, -0.2) is 4.98 Å². The Kier molecular flexibility index (Phi) is 6.17. The first-order valence-corrected chi connectivity index (χ1v) is 10.4. The van der Waals surface area contributed by atoms with Gasteiger partial charge in [0, 0.05) is 23.0 Å². The zero-order valence-corrected chi connectivity index (χ0v) is 18.3. The number of hydrogen-bond donors (Lipinski definition) is 1. The summed E-state index contributed by atoms with van der Waals surface area (Å²) in [6.45, 7) is 0.798. The number of nitrogens with one attached hydrogen (secondary N) is 1. The van der Waals surface area contributed by atoms with Crippen LogP contribution in [0.5, 0.6) is 10.9 Å². The van der Waals surface area contributed by atoms with Crippen LogP contribution in [0, 0.1) is 6.92 Å². The number of carbonyl (C=O) groups excluding carboxylic acids is 1. The van der Waals surface area contributed by atoms with Gasteiger partial charge < -0.3 is 14.2 Å². The van der Waals surface area contributed by atoms with E-state index in [-0.39, 0.29) is 27.6 Å². The first-order valence-electron chi connectivity index (χ1n) is 9.20. The highest BCUT2D eigenvalue weighted by atomic mass is 35.5. The maximum atomic E-state index is 13.7. The Labute approximate surface area is 189 Å². The smallest absolute Gasteiger partial charge is 0.309 e. The summed E-state index contributed by atoms with van der Waals surface area (Å²) in [6, 6.07) is 3.28.